The van der Waals surface area contributed by atoms with E-state index in [1.165, 1.54) is 4.52 Å². The van der Waals surface area contributed by atoms with Gasteiger partial charge in [-0.2, -0.15) is 0 Å². The Hall–Kier alpha value is -2.96. The maximum absolute atomic E-state index is 12.8. The number of aryl methyl sites for hydroxylation is 3. The van der Waals surface area contributed by atoms with Crippen LogP contribution in [0.3, 0.4) is 0 Å². The zero-order valence-electron chi connectivity index (χ0n) is 17.0. The first-order chi connectivity index (χ1) is 14.0. The fourth-order valence-corrected chi connectivity index (χ4v) is 4.04. The molecule has 4 heterocycles. The third-order valence-corrected chi connectivity index (χ3v) is 5.64. The topological polar surface area (TPSA) is 83.4 Å². The Morgan fingerprint density at radius 1 is 1.24 bits per heavy atom. The molecule has 1 aliphatic rings. The van der Waals surface area contributed by atoms with Gasteiger partial charge in [0.05, 0.1) is 0 Å². The first kappa shape index (κ1) is 19.4. The number of H-pyrrole nitrogens is 1. The number of piperidine rings is 1. The molecule has 1 unspecified atom stereocenters. The SMILES string of the molecule is CCc1cc(=O)n2[nH]c(C3CCCN(C(=O)CCc4cccc(C)n4)C3)cc2n1. The lowest BCUT2D eigenvalue weighted by atomic mass is 9.94. The van der Waals surface area contributed by atoms with Gasteiger partial charge in [-0.15, -0.1) is 0 Å². The Morgan fingerprint density at radius 2 is 2.10 bits per heavy atom. The summed E-state index contributed by atoms with van der Waals surface area (Å²) in [6.45, 7) is 5.41. The lowest BCUT2D eigenvalue weighted by Gasteiger charge is -2.32. The van der Waals surface area contributed by atoms with Crippen molar-refractivity contribution in [3.63, 3.8) is 0 Å². The molecule has 0 spiro atoms. The Balaban J connectivity index is 1.45. The smallest absolute Gasteiger partial charge is 0.272 e. The molecule has 3 aromatic heterocycles. The Labute approximate surface area is 169 Å². The maximum Gasteiger partial charge on any atom is 0.272 e. The molecule has 1 amide bonds. The van der Waals surface area contributed by atoms with Crippen molar-refractivity contribution in [2.45, 2.75) is 51.9 Å². The third-order valence-electron chi connectivity index (χ3n) is 5.64. The first-order valence-electron chi connectivity index (χ1n) is 10.4. The molecule has 7 nitrogen and oxygen atoms in total. The second-order valence-electron chi connectivity index (χ2n) is 7.79. The van der Waals surface area contributed by atoms with Gasteiger partial charge in [-0.05, 0) is 44.7 Å². The number of hydrogen-bond acceptors (Lipinski definition) is 4. The quantitative estimate of drug-likeness (QED) is 0.722. The summed E-state index contributed by atoms with van der Waals surface area (Å²) in [6.07, 6.45) is 3.81. The number of fused-ring (bicyclic) bond motifs is 1. The molecular weight excluding hydrogens is 366 g/mol. The van der Waals surface area contributed by atoms with E-state index in [4.69, 9.17) is 0 Å². The summed E-state index contributed by atoms with van der Waals surface area (Å²) in [7, 11) is 0. The second-order valence-corrected chi connectivity index (χ2v) is 7.79. The summed E-state index contributed by atoms with van der Waals surface area (Å²) in [5.74, 6) is 0.355. The van der Waals surface area contributed by atoms with E-state index in [0.29, 0.717) is 25.0 Å². The molecule has 3 aromatic rings. The number of carbonyl (C=O) groups is 1. The standard InChI is InChI=1S/C22H27N5O2/c1-3-17-12-22(29)27-20(24-17)13-19(25-27)16-7-5-11-26(14-16)21(28)10-9-18-8-4-6-15(2)23-18/h4,6,8,12-13,16,25H,3,5,7,9-11,14H2,1-2H3. The number of nitrogens with one attached hydrogen (secondary N) is 1. The molecule has 0 aromatic carbocycles. The normalized spacial score (nSPS) is 17.0. The lowest BCUT2D eigenvalue weighted by molar-refractivity contribution is -0.132. The summed E-state index contributed by atoms with van der Waals surface area (Å²) < 4.78 is 1.50. The highest BCUT2D eigenvalue weighted by atomic mass is 16.2. The molecule has 1 fully saturated rings. The molecule has 4 rings (SSSR count). The number of hydrogen-bond donors (Lipinski definition) is 1. The van der Waals surface area contributed by atoms with Crippen LogP contribution in [0.1, 0.15) is 54.9 Å². The Morgan fingerprint density at radius 3 is 2.90 bits per heavy atom. The number of amides is 1. The van der Waals surface area contributed by atoms with E-state index in [2.05, 4.69) is 15.1 Å². The minimum atomic E-state index is -0.0903. The van der Waals surface area contributed by atoms with Gasteiger partial charge in [-0.3, -0.25) is 19.7 Å². The van der Waals surface area contributed by atoms with Crippen LogP contribution in [0.4, 0.5) is 0 Å². The minimum Gasteiger partial charge on any atom is -0.342 e. The molecule has 0 aliphatic carbocycles. The number of rotatable bonds is 5. The van der Waals surface area contributed by atoms with Crippen LogP contribution in [0.2, 0.25) is 0 Å². The number of aromatic amines is 1. The van der Waals surface area contributed by atoms with E-state index in [1.54, 1.807) is 6.07 Å². The third kappa shape index (κ3) is 4.23. The molecule has 1 atom stereocenters. The van der Waals surface area contributed by atoms with Crippen LogP contribution in [0, 0.1) is 6.92 Å². The van der Waals surface area contributed by atoms with Gasteiger partial charge >= 0.3 is 0 Å². The van der Waals surface area contributed by atoms with Gasteiger partial charge in [-0.1, -0.05) is 13.0 Å². The molecule has 1 N–H and O–H groups in total. The van der Waals surface area contributed by atoms with Gasteiger partial charge in [0.15, 0.2) is 5.65 Å². The molecule has 29 heavy (non-hydrogen) atoms. The minimum absolute atomic E-state index is 0.0903. The maximum atomic E-state index is 12.8. The van der Waals surface area contributed by atoms with Crippen LogP contribution < -0.4 is 5.56 Å². The fourth-order valence-electron chi connectivity index (χ4n) is 4.04. The van der Waals surface area contributed by atoms with E-state index in [-0.39, 0.29) is 17.4 Å². The van der Waals surface area contributed by atoms with E-state index in [1.807, 2.05) is 43.0 Å². The zero-order valence-corrected chi connectivity index (χ0v) is 17.0. The molecule has 0 radical (unpaired) electrons. The van der Waals surface area contributed by atoms with Crippen LogP contribution in [-0.4, -0.2) is 43.5 Å². The zero-order chi connectivity index (χ0) is 20.4. The summed E-state index contributed by atoms with van der Waals surface area (Å²) in [5.41, 5.74) is 4.26. The van der Waals surface area contributed by atoms with Crippen molar-refractivity contribution in [1.29, 1.82) is 0 Å². The number of nitrogens with zero attached hydrogens (tertiary/aromatic N) is 4. The van der Waals surface area contributed by atoms with Crippen molar-refractivity contribution in [3.05, 3.63) is 63.5 Å². The summed E-state index contributed by atoms with van der Waals surface area (Å²) in [5, 5.41) is 3.20. The lowest BCUT2D eigenvalue weighted by Crippen LogP contribution is -2.39. The first-order valence-corrected chi connectivity index (χ1v) is 10.4. The van der Waals surface area contributed by atoms with Crippen LogP contribution >= 0.6 is 0 Å². The highest BCUT2D eigenvalue weighted by Crippen LogP contribution is 2.27. The predicted octanol–water partition coefficient (Wildman–Crippen LogP) is 2.63. The van der Waals surface area contributed by atoms with E-state index >= 15 is 0 Å². The molecule has 0 bridgehead atoms. The number of aromatic nitrogens is 4. The highest BCUT2D eigenvalue weighted by molar-refractivity contribution is 5.76. The fraction of sp³-hybridized carbons (Fsp3) is 0.455. The number of carbonyl (C=O) groups excluding carboxylic acids is 1. The molecule has 0 saturated carbocycles. The monoisotopic (exact) mass is 393 g/mol. The van der Waals surface area contributed by atoms with Gasteiger partial charge in [0, 0.05) is 60.3 Å². The molecule has 152 valence electrons. The second kappa shape index (κ2) is 8.19. The van der Waals surface area contributed by atoms with Crippen LogP contribution in [0.5, 0.6) is 0 Å². The van der Waals surface area contributed by atoms with E-state index in [0.717, 1.165) is 48.6 Å². The molecule has 7 heteroatoms. The van der Waals surface area contributed by atoms with E-state index < -0.39 is 0 Å². The van der Waals surface area contributed by atoms with Gasteiger partial charge in [0.25, 0.3) is 5.56 Å². The van der Waals surface area contributed by atoms with Crippen molar-refractivity contribution in [2.24, 2.45) is 0 Å². The molecule has 1 saturated heterocycles. The summed E-state index contributed by atoms with van der Waals surface area (Å²) >= 11 is 0. The van der Waals surface area contributed by atoms with Gasteiger partial charge in [0.2, 0.25) is 5.91 Å². The van der Waals surface area contributed by atoms with Crippen molar-refractivity contribution in [1.82, 2.24) is 24.5 Å². The highest BCUT2D eigenvalue weighted by Gasteiger charge is 2.26. The average molecular weight is 393 g/mol. The summed E-state index contributed by atoms with van der Waals surface area (Å²) in [6, 6.07) is 9.44. The summed E-state index contributed by atoms with van der Waals surface area (Å²) in [4.78, 5) is 36.0. The van der Waals surface area contributed by atoms with Gasteiger partial charge < -0.3 is 4.90 Å². The van der Waals surface area contributed by atoms with Crippen LogP contribution in [0.25, 0.3) is 5.65 Å². The van der Waals surface area contributed by atoms with Crippen LogP contribution in [0.15, 0.2) is 35.1 Å². The van der Waals surface area contributed by atoms with Crippen molar-refractivity contribution >= 4 is 11.6 Å². The van der Waals surface area contributed by atoms with Crippen LogP contribution in [-0.2, 0) is 17.6 Å². The Kier molecular flexibility index (Phi) is 5.47. The predicted molar refractivity (Wildman–Crippen MR) is 111 cm³/mol. The van der Waals surface area contributed by atoms with Gasteiger partial charge in [-0.25, -0.2) is 9.50 Å². The molecular formula is C22H27N5O2. The van der Waals surface area contributed by atoms with Gasteiger partial charge in [0.1, 0.15) is 0 Å². The van der Waals surface area contributed by atoms with Crippen molar-refractivity contribution in [2.75, 3.05) is 13.1 Å². The van der Waals surface area contributed by atoms with E-state index in [9.17, 15) is 9.59 Å². The Bertz CT molecular complexity index is 1080. The van der Waals surface area contributed by atoms with Crippen molar-refractivity contribution < 1.29 is 4.79 Å². The van der Waals surface area contributed by atoms with Crippen molar-refractivity contribution in [3.8, 4) is 0 Å². The number of likely N-dealkylation sites (tertiary alicyclic amines) is 1. The largest absolute Gasteiger partial charge is 0.342 e. The molecule has 1 aliphatic heterocycles. The number of pyridine rings is 1. The average Bonchev–Trinajstić information content (AvgIpc) is 3.17.